The molecule has 0 aliphatic heterocycles. The largest absolute Gasteiger partial charge is 0.346 e. The number of nitrogens with two attached hydrogens (primary N) is 1. The summed E-state index contributed by atoms with van der Waals surface area (Å²) in [6, 6.07) is 0. The number of carbonyl (C=O) groups excluding carboxylic acids is 1. The summed E-state index contributed by atoms with van der Waals surface area (Å²) in [5.74, 6) is -2.83. The number of nitrogens with one attached hydrogen (secondary N) is 1. The van der Waals surface area contributed by atoms with Crippen LogP contribution in [0.25, 0.3) is 0 Å². The molecule has 0 fully saturated rings. The Labute approximate surface area is 127 Å². The number of hydrogen-bond acceptors (Lipinski definition) is 3. The number of carbonyl (C=O) groups is 1. The van der Waals surface area contributed by atoms with Gasteiger partial charge in [-0.2, -0.15) is 0 Å². The third-order valence-corrected chi connectivity index (χ3v) is 4.50. The van der Waals surface area contributed by atoms with Crippen molar-refractivity contribution in [1.82, 2.24) is 5.32 Å². The zero-order valence-electron chi connectivity index (χ0n) is 11.2. The highest BCUT2D eigenvalue weighted by atomic mass is 35.5. The Morgan fingerprint density at radius 2 is 2.30 bits per heavy atom. The summed E-state index contributed by atoms with van der Waals surface area (Å²) in [5, 5.41) is 4.05. The van der Waals surface area contributed by atoms with Crippen molar-refractivity contribution in [3.8, 4) is 0 Å². The van der Waals surface area contributed by atoms with Crippen molar-refractivity contribution >= 4 is 29.7 Å². The first-order valence-corrected chi connectivity index (χ1v) is 7.26. The van der Waals surface area contributed by atoms with Gasteiger partial charge in [0.2, 0.25) is 0 Å². The number of halogens is 3. The van der Waals surface area contributed by atoms with Crippen molar-refractivity contribution in [3.63, 3.8) is 0 Å². The molecule has 1 aromatic heterocycles. The van der Waals surface area contributed by atoms with Crippen LogP contribution in [0.4, 0.5) is 8.78 Å². The highest BCUT2D eigenvalue weighted by molar-refractivity contribution is 7.10. The number of rotatable bonds is 4. The monoisotopic (exact) mass is 324 g/mol. The molecule has 114 valence electrons. The van der Waals surface area contributed by atoms with Crippen molar-refractivity contribution in [2.24, 2.45) is 11.7 Å². The third-order valence-electron chi connectivity index (χ3n) is 3.45. The van der Waals surface area contributed by atoms with Crippen LogP contribution in [-0.4, -0.2) is 24.9 Å². The Morgan fingerprint density at radius 1 is 1.60 bits per heavy atom. The van der Waals surface area contributed by atoms with Crippen LogP contribution in [-0.2, 0) is 12.8 Å². The van der Waals surface area contributed by atoms with Gasteiger partial charge in [0.1, 0.15) is 0 Å². The van der Waals surface area contributed by atoms with Crippen LogP contribution in [0, 0.1) is 5.92 Å². The first-order chi connectivity index (χ1) is 8.93. The lowest BCUT2D eigenvalue weighted by Gasteiger charge is -2.19. The van der Waals surface area contributed by atoms with E-state index in [1.807, 2.05) is 0 Å². The van der Waals surface area contributed by atoms with E-state index in [0.29, 0.717) is 11.5 Å². The quantitative estimate of drug-likeness (QED) is 0.894. The molecule has 0 bridgehead atoms. The molecule has 1 aliphatic rings. The zero-order chi connectivity index (χ0) is 14.0. The normalized spacial score (nSPS) is 18.1. The molecule has 1 unspecified atom stereocenters. The lowest BCUT2D eigenvalue weighted by molar-refractivity contribution is 0.0118. The Bertz CT molecular complexity index is 479. The van der Waals surface area contributed by atoms with Crippen LogP contribution in [0.15, 0.2) is 5.38 Å². The second-order valence-electron chi connectivity index (χ2n) is 5.14. The Balaban J connectivity index is 0.00000200. The van der Waals surface area contributed by atoms with E-state index >= 15 is 0 Å². The molecule has 1 aromatic rings. The van der Waals surface area contributed by atoms with E-state index in [-0.39, 0.29) is 12.4 Å². The van der Waals surface area contributed by atoms with Gasteiger partial charge in [0, 0.05) is 10.3 Å². The number of hydrogen-bond donors (Lipinski definition) is 2. The van der Waals surface area contributed by atoms with Gasteiger partial charge in [-0.1, -0.05) is 6.92 Å². The van der Waals surface area contributed by atoms with Crippen molar-refractivity contribution in [3.05, 3.63) is 21.4 Å². The summed E-state index contributed by atoms with van der Waals surface area (Å²) in [5.41, 5.74) is 6.53. The minimum absolute atomic E-state index is 0. The van der Waals surface area contributed by atoms with Gasteiger partial charge in [-0.25, -0.2) is 8.78 Å². The zero-order valence-corrected chi connectivity index (χ0v) is 12.9. The molecular formula is C13H19ClF2N2OS. The molecule has 1 amide bonds. The fraction of sp³-hybridized carbons (Fsp3) is 0.615. The molecule has 3 N–H and O–H groups in total. The maximum atomic E-state index is 13.0. The Kier molecular flexibility index (Phi) is 5.91. The number of thiophene rings is 1. The van der Waals surface area contributed by atoms with E-state index in [1.165, 1.54) is 4.88 Å². The molecule has 3 nitrogen and oxygen atoms in total. The molecule has 1 aliphatic carbocycles. The molecule has 1 heterocycles. The maximum Gasteiger partial charge on any atom is 0.277 e. The molecule has 0 saturated heterocycles. The smallest absolute Gasteiger partial charge is 0.277 e. The summed E-state index contributed by atoms with van der Waals surface area (Å²) in [4.78, 5) is 13.2. The van der Waals surface area contributed by atoms with Gasteiger partial charge >= 0.3 is 0 Å². The van der Waals surface area contributed by atoms with Gasteiger partial charge in [-0.05, 0) is 30.7 Å². The topological polar surface area (TPSA) is 55.1 Å². The minimum atomic E-state index is -3.04. The molecule has 1 atom stereocenters. The first kappa shape index (κ1) is 17.3. The van der Waals surface area contributed by atoms with Crippen molar-refractivity contribution in [1.29, 1.82) is 0 Å². The average molecular weight is 325 g/mol. The highest BCUT2D eigenvalue weighted by Crippen LogP contribution is 2.32. The van der Waals surface area contributed by atoms with Crippen molar-refractivity contribution in [2.45, 2.75) is 32.1 Å². The Morgan fingerprint density at radius 3 is 2.95 bits per heavy atom. The highest BCUT2D eigenvalue weighted by Gasteiger charge is 2.29. The molecule has 0 saturated carbocycles. The summed E-state index contributed by atoms with van der Waals surface area (Å²) in [7, 11) is 0. The van der Waals surface area contributed by atoms with Crippen LogP contribution < -0.4 is 11.1 Å². The van der Waals surface area contributed by atoms with Crippen LogP contribution >= 0.6 is 23.7 Å². The molecule has 0 aromatic carbocycles. The van der Waals surface area contributed by atoms with Crippen molar-refractivity contribution < 1.29 is 13.6 Å². The predicted octanol–water partition coefficient (Wildman–Crippen LogP) is 2.62. The van der Waals surface area contributed by atoms with Gasteiger partial charge in [0.05, 0.1) is 18.7 Å². The molecule has 7 heteroatoms. The second-order valence-corrected chi connectivity index (χ2v) is 6.11. The van der Waals surface area contributed by atoms with E-state index < -0.39 is 24.9 Å². The van der Waals surface area contributed by atoms with Crippen LogP contribution in [0.3, 0.4) is 0 Å². The van der Waals surface area contributed by atoms with Crippen LogP contribution in [0.2, 0.25) is 0 Å². The Hall–Kier alpha value is -0.720. The second kappa shape index (κ2) is 6.83. The standard InChI is InChI=1S/C13H18F2N2OS.ClH/c1-8-2-3-9-10(5-19-11(9)4-8)12(18)17-7-13(14,15)6-16;/h5,8H,2-4,6-7,16H2,1H3,(H,17,18);1H. The molecule has 0 radical (unpaired) electrons. The summed E-state index contributed by atoms with van der Waals surface area (Å²) in [6.45, 7) is 0.722. The summed E-state index contributed by atoms with van der Waals surface area (Å²) in [6.07, 6.45) is 2.88. The SMILES string of the molecule is CC1CCc2c(C(=O)NCC(F)(F)CN)csc2C1.Cl. The molecule has 0 spiro atoms. The van der Waals surface area contributed by atoms with Gasteiger partial charge < -0.3 is 11.1 Å². The van der Waals surface area contributed by atoms with E-state index in [2.05, 4.69) is 12.2 Å². The number of amides is 1. The maximum absolute atomic E-state index is 13.0. The summed E-state index contributed by atoms with van der Waals surface area (Å²) >= 11 is 1.55. The molecule has 2 rings (SSSR count). The minimum Gasteiger partial charge on any atom is -0.346 e. The van der Waals surface area contributed by atoms with Crippen molar-refractivity contribution in [2.75, 3.05) is 13.1 Å². The van der Waals surface area contributed by atoms with E-state index in [0.717, 1.165) is 24.8 Å². The van der Waals surface area contributed by atoms with Gasteiger partial charge in [-0.3, -0.25) is 4.79 Å². The summed E-state index contributed by atoms with van der Waals surface area (Å²) < 4.78 is 26.0. The van der Waals surface area contributed by atoms with Gasteiger partial charge in [-0.15, -0.1) is 23.7 Å². The van der Waals surface area contributed by atoms with Crippen LogP contribution in [0.1, 0.15) is 34.1 Å². The third kappa shape index (κ3) is 3.90. The average Bonchev–Trinajstić information content (AvgIpc) is 2.79. The fourth-order valence-corrected chi connectivity index (χ4v) is 3.49. The lowest BCUT2D eigenvalue weighted by atomic mass is 9.88. The van der Waals surface area contributed by atoms with E-state index in [4.69, 9.17) is 5.73 Å². The number of fused-ring (bicyclic) bond motifs is 1. The van der Waals surface area contributed by atoms with Gasteiger partial charge in [0.25, 0.3) is 11.8 Å². The van der Waals surface area contributed by atoms with E-state index in [1.54, 1.807) is 16.7 Å². The lowest BCUT2D eigenvalue weighted by Crippen LogP contribution is -2.41. The predicted molar refractivity (Wildman–Crippen MR) is 79.1 cm³/mol. The van der Waals surface area contributed by atoms with E-state index in [9.17, 15) is 13.6 Å². The number of alkyl halides is 2. The van der Waals surface area contributed by atoms with Crippen LogP contribution in [0.5, 0.6) is 0 Å². The molecule has 20 heavy (non-hydrogen) atoms. The fourth-order valence-electron chi connectivity index (χ4n) is 2.24. The van der Waals surface area contributed by atoms with Gasteiger partial charge in [0.15, 0.2) is 0 Å². The molecular weight excluding hydrogens is 306 g/mol. The first-order valence-electron chi connectivity index (χ1n) is 6.38.